The van der Waals surface area contributed by atoms with Crippen LogP contribution in [0.3, 0.4) is 0 Å². The van der Waals surface area contributed by atoms with E-state index in [1.54, 1.807) is 0 Å². The Balaban J connectivity index is 1.79. The molecule has 0 amide bonds. The fourth-order valence-corrected chi connectivity index (χ4v) is 2.57. The molecule has 3 nitrogen and oxygen atoms in total. The van der Waals surface area contributed by atoms with E-state index in [4.69, 9.17) is 5.73 Å². The molecule has 0 radical (unpaired) electrons. The summed E-state index contributed by atoms with van der Waals surface area (Å²) in [6, 6.07) is 9.73. The maximum atomic E-state index is 13.4. The number of benzene rings is 2. The minimum Gasteiger partial charge on any atom is -0.395 e. The molecule has 0 unspecified atom stereocenters. The summed E-state index contributed by atoms with van der Waals surface area (Å²) in [7, 11) is 0. The molecule has 21 heavy (non-hydrogen) atoms. The van der Waals surface area contributed by atoms with Crippen LogP contribution in [0.2, 0.25) is 0 Å². The molecule has 1 aliphatic rings. The molecule has 1 heterocycles. The van der Waals surface area contributed by atoms with E-state index >= 15 is 0 Å². The van der Waals surface area contributed by atoms with Gasteiger partial charge < -0.3 is 16.0 Å². The second-order valence-electron chi connectivity index (χ2n) is 5.21. The average Bonchev–Trinajstić information content (AvgIpc) is 2.99. The van der Waals surface area contributed by atoms with Gasteiger partial charge in [0.15, 0.2) is 5.82 Å². The molecule has 0 atom stereocenters. The molecule has 0 bridgehead atoms. The van der Waals surface area contributed by atoms with Gasteiger partial charge in [-0.25, -0.2) is 8.78 Å². The molecule has 2 aromatic carbocycles. The van der Waals surface area contributed by atoms with E-state index in [1.807, 2.05) is 24.3 Å². The minimum absolute atomic E-state index is 0.0833. The van der Waals surface area contributed by atoms with Gasteiger partial charge in [-0.3, -0.25) is 0 Å². The monoisotopic (exact) mass is 289 g/mol. The third kappa shape index (κ3) is 2.91. The summed E-state index contributed by atoms with van der Waals surface area (Å²) in [5.41, 5.74) is 7.68. The molecule has 1 aliphatic heterocycles. The standard InChI is InChI=1S/C16H17F2N3/c17-11-9-14(18)16(19)15(10-11)20-12-3-5-13(6-4-12)21-7-1-2-8-21/h3-6,9-10,20H,1-2,7-8,19H2. The van der Waals surface area contributed by atoms with Crippen molar-refractivity contribution in [2.45, 2.75) is 12.8 Å². The van der Waals surface area contributed by atoms with Crippen molar-refractivity contribution in [3.63, 3.8) is 0 Å². The van der Waals surface area contributed by atoms with E-state index < -0.39 is 11.6 Å². The van der Waals surface area contributed by atoms with Crippen LogP contribution in [-0.4, -0.2) is 13.1 Å². The van der Waals surface area contributed by atoms with Crippen LogP contribution in [0.15, 0.2) is 36.4 Å². The summed E-state index contributed by atoms with van der Waals surface area (Å²) < 4.78 is 26.6. The fraction of sp³-hybridized carbons (Fsp3) is 0.250. The fourth-order valence-electron chi connectivity index (χ4n) is 2.57. The van der Waals surface area contributed by atoms with Gasteiger partial charge in [0, 0.05) is 30.5 Å². The Morgan fingerprint density at radius 2 is 1.67 bits per heavy atom. The highest BCUT2D eigenvalue weighted by atomic mass is 19.1. The third-order valence-corrected chi connectivity index (χ3v) is 3.71. The summed E-state index contributed by atoms with van der Waals surface area (Å²) in [5.74, 6) is -1.41. The highest BCUT2D eigenvalue weighted by molar-refractivity contribution is 5.73. The first kappa shape index (κ1) is 13.7. The van der Waals surface area contributed by atoms with E-state index in [2.05, 4.69) is 10.2 Å². The molecular weight excluding hydrogens is 272 g/mol. The predicted octanol–water partition coefficient (Wildman–Crippen LogP) is 3.89. The number of rotatable bonds is 3. The number of nitrogen functional groups attached to an aromatic ring is 1. The number of hydrogen-bond donors (Lipinski definition) is 2. The van der Waals surface area contributed by atoms with Gasteiger partial charge in [0.05, 0.1) is 11.4 Å². The van der Waals surface area contributed by atoms with Gasteiger partial charge in [0.1, 0.15) is 5.82 Å². The summed E-state index contributed by atoms with van der Waals surface area (Å²) in [6.45, 7) is 2.16. The molecule has 0 aromatic heterocycles. The van der Waals surface area contributed by atoms with Crippen LogP contribution in [0.4, 0.5) is 31.5 Å². The zero-order valence-corrected chi connectivity index (χ0v) is 11.6. The van der Waals surface area contributed by atoms with Gasteiger partial charge in [0.25, 0.3) is 0 Å². The Hall–Kier alpha value is -2.30. The SMILES string of the molecule is Nc1c(F)cc(F)cc1Nc1ccc(N2CCCC2)cc1. The Morgan fingerprint density at radius 1 is 1.00 bits per heavy atom. The predicted molar refractivity (Wildman–Crippen MR) is 81.9 cm³/mol. The maximum Gasteiger partial charge on any atom is 0.151 e. The summed E-state index contributed by atoms with van der Waals surface area (Å²) in [6.07, 6.45) is 2.44. The smallest absolute Gasteiger partial charge is 0.151 e. The lowest BCUT2D eigenvalue weighted by molar-refractivity contribution is 0.587. The van der Waals surface area contributed by atoms with Crippen molar-refractivity contribution in [1.82, 2.24) is 0 Å². The third-order valence-electron chi connectivity index (χ3n) is 3.71. The first-order valence-electron chi connectivity index (χ1n) is 7.00. The van der Waals surface area contributed by atoms with Crippen LogP contribution >= 0.6 is 0 Å². The molecule has 0 aliphatic carbocycles. The van der Waals surface area contributed by atoms with Crippen molar-refractivity contribution in [3.05, 3.63) is 48.0 Å². The zero-order chi connectivity index (χ0) is 14.8. The minimum atomic E-state index is -0.758. The van der Waals surface area contributed by atoms with E-state index in [0.717, 1.165) is 30.5 Å². The molecule has 5 heteroatoms. The number of nitrogens with zero attached hydrogens (tertiary/aromatic N) is 1. The van der Waals surface area contributed by atoms with Crippen LogP contribution < -0.4 is 16.0 Å². The van der Waals surface area contributed by atoms with E-state index in [1.165, 1.54) is 18.9 Å². The molecule has 3 N–H and O–H groups in total. The van der Waals surface area contributed by atoms with E-state index in [-0.39, 0.29) is 11.4 Å². The van der Waals surface area contributed by atoms with Crippen molar-refractivity contribution in [1.29, 1.82) is 0 Å². The van der Waals surface area contributed by atoms with Gasteiger partial charge in [0.2, 0.25) is 0 Å². The quantitative estimate of drug-likeness (QED) is 0.842. The van der Waals surface area contributed by atoms with Crippen molar-refractivity contribution < 1.29 is 8.78 Å². The normalized spacial score (nSPS) is 14.5. The second kappa shape index (κ2) is 5.60. The summed E-state index contributed by atoms with van der Waals surface area (Å²) in [4.78, 5) is 2.32. The van der Waals surface area contributed by atoms with E-state index in [9.17, 15) is 8.78 Å². The molecular formula is C16H17F2N3. The molecule has 1 fully saturated rings. The first-order chi connectivity index (χ1) is 10.1. The lowest BCUT2D eigenvalue weighted by Crippen LogP contribution is -2.17. The van der Waals surface area contributed by atoms with Gasteiger partial charge in [-0.2, -0.15) is 0 Å². The van der Waals surface area contributed by atoms with Gasteiger partial charge in [-0.15, -0.1) is 0 Å². The average molecular weight is 289 g/mol. The second-order valence-corrected chi connectivity index (χ2v) is 5.21. The van der Waals surface area contributed by atoms with Gasteiger partial charge >= 0.3 is 0 Å². The molecule has 1 saturated heterocycles. The molecule has 2 aromatic rings. The number of anilines is 4. The Morgan fingerprint density at radius 3 is 2.33 bits per heavy atom. The van der Waals surface area contributed by atoms with Crippen LogP contribution in [0.25, 0.3) is 0 Å². The Labute approximate surface area is 122 Å². The Bertz CT molecular complexity index is 635. The lowest BCUT2D eigenvalue weighted by atomic mass is 10.2. The molecule has 110 valence electrons. The Kier molecular flexibility index (Phi) is 3.64. The molecule has 3 rings (SSSR count). The molecule has 0 spiro atoms. The first-order valence-corrected chi connectivity index (χ1v) is 7.00. The molecule has 0 saturated carbocycles. The topological polar surface area (TPSA) is 41.3 Å². The van der Waals surface area contributed by atoms with Crippen LogP contribution in [-0.2, 0) is 0 Å². The summed E-state index contributed by atoms with van der Waals surface area (Å²) >= 11 is 0. The van der Waals surface area contributed by atoms with Crippen LogP contribution in [0.5, 0.6) is 0 Å². The van der Waals surface area contributed by atoms with Crippen LogP contribution in [0.1, 0.15) is 12.8 Å². The number of halogens is 2. The summed E-state index contributed by atoms with van der Waals surface area (Å²) in [5, 5.41) is 2.95. The van der Waals surface area contributed by atoms with Crippen molar-refractivity contribution >= 4 is 22.7 Å². The largest absolute Gasteiger partial charge is 0.395 e. The maximum absolute atomic E-state index is 13.4. The van der Waals surface area contributed by atoms with Crippen LogP contribution in [0, 0.1) is 11.6 Å². The van der Waals surface area contributed by atoms with E-state index in [0.29, 0.717) is 0 Å². The number of hydrogen-bond acceptors (Lipinski definition) is 3. The highest BCUT2D eigenvalue weighted by Gasteiger charge is 2.12. The van der Waals surface area contributed by atoms with Crippen molar-refractivity contribution in [2.75, 3.05) is 29.0 Å². The highest BCUT2D eigenvalue weighted by Crippen LogP contribution is 2.28. The van der Waals surface area contributed by atoms with Crippen molar-refractivity contribution in [2.24, 2.45) is 0 Å². The van der Waals surface area contributed by atoms with Gasteiger partial charge in [-0.05, 0) is 43.2 Å². The van der Waals surface area contributed by atoms with Gasteiger partial charge in [-0.1, -0.05) is 0 Å². The van der Waals surface area contributed by atoms with Crippen molar-refractivity contribution in [3.8, 4) is 0 Å². The zero-order valence-electron chi connectivity index (χ0n) is 11.6. The number of nitrogens with two attached hydrogens (primary N) is 1. The lowest BCUT2D eigenvalue weighted by Gasteiger charge is -2.18. The number of nitrogens with one attached hydrogen (secondary N) is 1.